The van der Waals surface area contributed by atoms with E-state index in [4.69, 9.17) is 4.74 Å². The zero-order valence-corrected chi connectivity index (χ0v) is 12.5. The van der Waals surface area contributed by atoms with Gasteiger partial charge in [0.2, 0.25) is 0 Å². The third-order valence-corrected chi connectivity index (χ3v) is 4.22. The fourth-order valence-electron chi connectivity index (χ4n) is 3.00. The SMILES string of the molecule is COC(=O)c1ccc2cc(N3CCCCCC3)ccc2c1. The number of hydrogen-bond acceptors (Lipinski definition) is 3. The van der Waals surface area contributed by atoms with Crippen molar-refractivity contribution in [2.24, 2.45) is 0 Å². The van der Waals surface area contributed by atoms with Crippen molar-refractivity contribution in [3.63, 3.8) is 0 Å². The van der Waals surface area contributed by atoms with Crippen LogP contribution in [0.15, 0.2) is 36.4 Å². The fraction of sp³-hybridized carbons (Fsp3) is 0.389. The zero-order chi connectivity index (χ0) is 14.7. The highest BCUT2D eigenvalue weighted by Crippen LogP contribution is 2.25. The number of carbonyl (C=O) groups excluding carboxylic acids is 1. The molecule has 0 amide bonds. The normalized spacial score (nSPS) is 15.8. The van der Waals surface area contributed by atoms with Crippen LogP contribution in [-0.2, 0) is 4.74 Å². The standard InChI is InChI=1S/C18H21NO2/c1-21-18(20)16-7-6-15-13-17(9-8-14(15)12-16)19-10-4-2-3-5-11-19/h6-9,12-13H,2-5,10-11H2,1H3. The highest BCUT2D eigenvalue weighted by Gasteiger charge is 2.11. The van der Waals surface area contributed by atoms with Gasteiger partial charge in [-0.1, -0.05) is 25.0 Å². The van der Waals surface area contributed by atoms with Crippen LogP contribution in [0.2, 0.25) is 0 Å². The molecule has 3 rings (SSSR count). The lowest BCUT2D eigenvalue weighted by Gasteiger charge is -2.23. The Kier molecular flexibility index (Phi) is 4.09. The largest absolute Gasteiger partial charge is 0.465 e. The molecular formula is C18H21NO2. The average Bonchev–Trinajstić information content (AvgIpc) is 2.82. The number of rotatable bonds is 2. The monoisotopic (exact) mass is 283 g/mol. The summed E-state index contributed by atoms with van der Waals surface area (Å²) < 4.78 is 4.77. The Balaban J connectivity index is 1.91. The highest BCUT2D eigenvalue weighted by atomic mass is 16.5. The summed E-state index contributed by atoms with van der Waals surface area (Å²) in [4.78, 5) is 14.1. The van der Waals surface area contributed by atoms with E-state index in [1.807, 2.05) is 18.2 Å². The number of benzene rings is 2. The third-order valence-electron chi connectivity index (χ3n) is 4.22. The summed E-state index contributed by atoms with van der Waals surface area (Å²) in [5, 5.41) is 2.25. The molecule has 0 N–H and O–H groups in total. The number of methoxy groups -OCH3 is 1. The van der Waals surface area contributed by atoms with Gasteiger partial charge >= 0.3 is 5.97 Å². The molecule has 0 spiro atoms. The number of esters is 1. The predicted molar refractivity (Wildman–Crippen MR) is 86.0 cm³/mol. The first kappa shape index (κ1) is 13.9. The van der Waals surface area contributed by atoms with Crippen LogP contribution in [0.4, 0.5) is 5.69 Å². The molecule has 3 heteroatoms. The molecule has 1 aliphatic heterocycles. The molecular weight excluding hydrogens is 262 g/mol. The smallest absolute Gasteiger partial charge is 0.337 e. The van der Waals surface area contributed by atoms with Gasteiger partial charge in [-0.3, -0.25) is 0 Å². The number of carbonyl (C=O) groups is 1. The minimum atomic E-state index is -0.284. The van der Waals surface area contributed by atoms with E-state index in [2.05, 4.69) is 23.1 Å². The molecule has 0 bridgehead atoms. The summed E-state index contributed by atoms with van der Waals surface area (Å²) in [5.74, 6) is -0.284. The van der Waals surface area contributed by atoms with Crippen molar-refractivity contribution in [2.75, 3.05) is 25.1 Å². The molecule has 2 aromatic carbocycles. The Morgan fingerprint density at radius 1 is 0.952 bits per heavy atom. The second-order valence-corrected chi connectivity index (χ2v) is 5.64. The molecule has 1 saturated heterocycles. The summed E-state index contributed by atoms with van der Waals surface area (Å²) in [6.07, 6.45) is 5.23. The number of nitrogens with zero attached hydrogens (tertiary/aromatic N) is 1. The van der Waals surface area contributed by atoms with Crippen LogP contribution in [0.5, 0.6) is 0 Å². The highest BCUT2D eigenvalue weighted by molar-refractivity contribution is 5.96. The van der Waals surface area contributed by atoms with Crippen LogP contribution >= 0.6 is 0 Å². The lowest BCUT2D eigenvalue weighted by atomic mass is 10.1. The van der Waals surface area contributed by atoms with E-state index < -0.39 is 0 Å². The predicted octanol–water partition coefficient (Wildman–Crippen LogP) is 4.01. The minimum Gasteiger partial charge on any atom is -0.465 e. The summed E-state index contributed by atoms with van der Waals surface area (Å²) in [7, 11) is 1.41. The van der Waals surface area contributed by atoms with Crippen molar-refractivity contribution < 1.29 is 9.53 Å². The second kappa shape index (κ2) is 6.17. The van der Waals surface area contributed by atoms with Crippen LogP contribution in [0, 0.1) is 0 Å². The van der Waals surface area contributed by atoms with Gasteiger partial charge in [0.05, 0.1) is 12.7 Å². The molecule has 0 unspecified atom stereocenters. The van der Waals surface area contributed by atoms with E-state index in [9.17, 15) is 4.79 Å². The molecule has 21 heavy (non-hydrogen) atoms. The van der Waals surface area contributed by atoms with Gasteiger partial charge < -0.3 is 9.64 Å². The Labute approximate surface area is 125 Å². The van der Waals surface area contributed by atoms with Crippen LogP contribution in [0.3, 0.4) is 0 Å². The van der Waals surface area contributed by atoms with Crippen molar-refractivity contribution in [1.29, 1.82) is 0 Å². The van der Waals surface area contributed by atoms with Crippen molar-refractivity contribution in [3.8, 4) is 0 Å². The molecule has 0 aliphatic carbocycles. The van der Waals surface area contributed by atoms with Crippen molar-refractivity contribution in [3.05, 3.63) is 42.0 Å². The first-order chi connectivity index (χ1) is 10.3. The maximum Gasteiger partial charge on any atom is 0.337 e. The van der Waals surface area contributed by atoms with Crippen molar-refractivity contribution in [2.45, 2.75) is 25.7 Å². The van der Waals surface area contributed by atoms with Gasteiger partial charge in [0.15, 0.2) is 0 Å². The number of hydrogen-bond donors (Lipinski definition) is 0. The Morgan fingerprint density at radius 2 is 1.62 bits per heavy atom. The first-order valence-corrected chi connectivity index (χ1v) is 7.65. The Bertz CT molecular complexity index is 643. The summed E-state index contributed by atoms with van der Waals surface area (Å²) in [6, 6.07) is 12.2. The zero-order valence-electron chi connectivity index (χ0n) is 12.5. The molecule has 1 fully saturated rings. The third kappa shape index (κ3) is 3.02. The van der Waals surface area contributed by atoms with Gasteiger partial charge in [0.1, 0.15) is 0 Å². The van der Waals surface area contributed by atoms with Gasteiger partial charge in [-0.2, -0.15) is 0 Å². The van der Waals surface area contributed by atoms with E-state index in [0.717, 1.165) is 18.5 Å². The lowest BCUT2D eigenvalue weighted by molar-refractivity contribution is 0.0601. The summed E-state index contributed by atoms with van der Waals surface area (Å²) >= 11 is 0. The molecule has 1 heterocycles. The fourth-order valence-corrected chi connectivity index (χ4v) is 3.00. The van der Waals surface area contributed by atoms with E-state index in [0.29, 0.717) is 5.56 Å². The second-order valence-electron chi connectivity index (χ2n) is 5.64. The molecule has 0 atom stereocenters. The van der Waals surface area contributed by atoms with Crippen molar-refractivity contribution in [1.82, 2.24) is 0 Å². The molecule has 110 valence electrons. The first-order valence-electron chi connectivity index (χ1n) is 7.65. The average molecular weight is 283 g/mol. The van der Waals surface area contributed by atoms with Gasteiger partial charge in [-0.05, 0) is 47.9 Å². The van der Waals surface area contributed by atoms with Gasteiger partial charge in [0.25, 0.3) is 0 Å². The number of fused-ring (bicyclic) bond motifs is 1. The van der Waals surface area contributed by atoms with Crippen LogP contribution in [0.25, 0.3) is 10.8 Å². The van der Waals surface area contributed by atoms with Crippen LogP contribution in [-0.4, -0.2) is 26.2 Å². The maximum absolute atomic E-state index is 11.6. The van der Waals surface area contributed by atoms with E-state index >= 15 is 0 Å². The summed E-state index contributed by atoms with van der Waals surface area (Å²) in [6.45, 7) is 2.29. The van der Waals surface area contributed by atoms with E-state index in [-0.39, 0.29) is 5.97 Å². The van der Waals surface area contributed by atoms with Crippen molar-refractivity contribution >= 4 is 22.4 Å². The molecule has 1 aliphatic rings. The van der Waals surface area contributed by atoms with Gasteiger partial charge in [-0.25, -0.2) is 4.79 Å². The minimum absolute atomic E-state index is 0.284. The Morgan fingerprint density at radius 3 is 2.33 bits per heavy atom. The lowest BCUT2D eigenvalue weighted by Crippen LogP contribution is -2.23. The molecule has 2 aromatic rings. The topological polar surface area (TPSA) is 29.5 Å². The van der Waals surface area contributed by atoms with Crippen LogP contribution < -0.4 is 4.90 Å². The molecule has 0 saturated carbocycles. The molecule has 0 aromatic heterocycles. The van der Waals surface area contributed by atoms with Gasteiger partial charge in [0, 0.05) is 18.8 Å². The number of anilines is 1. The molecule has 3 nitrogen and oxygen atoms in total. The van der Waals surface area contributed by atoms with E-state index in [1.165, 1.54) is 43.9 Å². The maximum atomic E-state index is 11.6. The molecule has 0 radical (unpaired) electrons. The quantitative estimate of drug-likeness (QED) is 0.780. The van der Waals surface area contributed by atoms with Crippen LogP contribution in [0.1, 0.15) is 36.0 Å². The Hall–Kier alpha value is -2.03. The summed E-state index contributed by atoms with van der Waals surface area (Å²) in [5.41, 5.74) is 1.89. The van der Waals surface area contributed by atoms with Gasteiger partial charge in [-0.15, -0.1) is 0 Å². The number of ether oxygens (including phenoxy) is 1. The van der Waals surface area contributed by atoms with E-state index in [1.54, 1.807) is 0 Å².